The molecule has 0 spiro atoms. The van der Waals surface area contributed by atoms with E-state index >= 15 is 0 Å². The van der Waals surface area contributed by atoms with Crippen LogP contribution in [0.3, 0.4) is 0 Å². The Morgan fingerprint density at radius 3 is 2.64 bits per heavy atom. The van der Waals surface area contributed by atoms with Gasteiger partial charge in [0.05, 0.1) is 0 Å². The van der Waals surface area contributed by atoms with Crippen LogP contribution in [-0.4, -0.2) is 15.2 Å². The molecule has 0 bridgehead atoms. The van der Waals surface area contributed by atoms with Gasteiger partial charge in [0.25, 0.3) is 0 Å². The number of aromatic nitrogens is 1. The maximum absolute atomic E-state index is 12.0. The smallest absolute Gasteiger partial charge is 0.227 e. The van der Waals surface area contributed by atoms with Gasteiger partial charge in [0.1, 0.15) is 24.2 Å². The minimum Gasteiger partial charge on any atom is -0.502 e. The molecule has 0 aliphatic rings. The Morgan fingerprint density at radius 2 is 1.96 bits per heavy atom. The van der Waals surface area contributed by atoms with E-state index in [4.69, 9.17) is 4.42 Å². The van der Waals surface area contributed by atoms with Crippen LogP contribution in [0.5, 0.6) is 5.75 Å². The molecule has 0 aliphatic heterocycles. The fraction of sp³-hybridized carbons (Fsp3) is 0.158. The highest BCUT2D eigenvalue weighted by Crippen LogP contribution is 2.32. The second-order valence-electron chi connectivity index (χ2n) is 5.60. The molecular formula is C19H18N2O4. The van der Waals surface area contributed by atoms with Gasteiger partial charge in [0.15, 0.2) is 5.76 Å². The van der Waals surface area contributed by atoms with Crippen molar-refractivity contribution in [3.63, 3.8) is 0 Å². The van der Waals surface area contributed by atoms with Crippen LogP contribution >= 0.6 is 0 Å². The monoisotopic (exact) mass is 338 g/mol. The number of pyridine rings is 1. The predicted octanol–water partition coefficient (Wildman–Crippen LogP) is 2.74. The summed E-state index contributed by atoms with van der Waals surface area (Å²) in [5, 5.41) is 22.8. The second kappa shape index (κ2) is 7.19. The van der Waals surface area contributed by atoms with Gasteiger partial charge in [-0.05, 0) is 30.2 Å². The number of hydrogen-bond donors (Lipinski definition) is 3. The lowest BCUT2D eigenvalue weighted by Crippen LogP contribution is -2.17. The summed E-state index contributed by atoms with van der Waals surface area (Å²) in [7, 11) is 0. The van der Waals surface area contributed by atoms with Gasteiger partial charge in [-0.15, -0.1) is 0 Å². The summed E-state index contributed by atoms with van der Waals surface area (Å²) in [6.07, 6.45) is 1.64. The van der Waals surface area contributed by atoms with Crippen molar-refractivity contribution in [3.05, 3.63) is 87.6 Å². The van der Waals surface area contributed by atoms with Gasteiger partial charge in [0.2, 0.25) is 11.2 Å². The third-order valence-corrected chi connectivity index (χ3v) is 3.87. The van der Waals surface area contributed by atoms with Crippen LogP contribution in [0.25, 0.3) is 0 Å². The zero-order valence-electron chi connectivity index (χ0n) is 13.6. The standard InChI is InChI=1S/C19H18N2O4/c1-12-6-2-3-7-14(12)17(21-16-8-4-5-9-20-16)19-18(24)15(23)10-13(11-22)25-19/h2-10,17,22,24H,11H2,1H3,(H,20,21). The average molecular weight is 338 g/mol. The summed E-state index contributed by atoms with van der Waals surface area (Å²) in [5.74, 6) is 0.191. The van der Waals surface area contributed by atoms with E-state index in [1.165, 1.54) is 0 Å². The van der Waals surface area contributed by atoms with Crippen molar-refractivity contribution in [1.29, 1.82) is 0 Å². The van der Waals surface area contributed by atoms with Gasteiger partial charge >= 0.3 is 0 Å². The van der Waals surface area contributed by atoms with Crippen molar-refractivity contribution in [3.8, 4) is 5.75 Å². The highest BCUT2D eigenvalue weighted by Gasteiger charge is 2.25. The first-order chi connectivity index (χ1) is 12.1. The molecule has 0 saturated carbocycles. The number of nitrogens with zero attached hydrogens (tertiary/aromatic N) is 1. The topological polar surface area (TPSA) is 95.6 Å². The van der Waals surface area contributed by atoms with Crippen LogP contribution < -0.4 is 10.7 Å². The van der Waals surface area contributed by atoms with Crippen LogP contribution in [0.1, 0.15) is 28.7 Å². The van der Waals surface area contributed by atoms with Crippen molar-refractivity contribution in [1.82, 2.24) is 4.98 Å². The maximum Gasteiger partial charge on any atom is 0.227 e. The molecule has 0 saturated heterocycles. The van der Waals surface area contributed by atoms with Crippen LogP contribution in [-0.2, 0) is 6.61 Å². The first-order valence-electron chi connectivity index (χ1n) is 7.80. The number of aryl methyl sites for hydroxylation is 1. The summed E-state index contributed by atoms with van der Waals surface area (Å²) < 4.78 is 5.59. The number of anilines is 1. The molecule has 1 atom stereocenters. The van der Waals surface area contributed by atoms with Gasteiger partial charge < -0.3 is 19.9 Å². The first kappa shape index (κ1) is 16.7. The maximum atomic E-state index is 12.0. The van der Waals surface area contributed by atoms with Crippen molar-refractivity contribution in [2.45, 2.75) is 19.6 Å². The van der Waals surface area contributed by atoms with Gasteiger partial charge in [-0.2, -0.15) is 0 Å². The molecular weight excluding hydrogens is 320 g/mol. The Morgan fingerprint density at radius 1 is 1.20 bits per heavy atom. The number of rotatable bonds is 5. The number of aromatic hydroxyl groups is 1. The molecule has 3 rings (SSSR count). The Balaban J connectivity index is 2.16. The molecule has 6 heteroatoms. The number of aliphatic hydroxyl groups excluding tert-OH is 1. The van der Waals surface area contributed by atoms with Crippen LogP contribution in [0.4, 0.5) is 5.82 Å². The summed E-state index contributed by atoms with van der Waals surface area (Å²) in [6, 6.07) is 13.4. The van der Waals surface area contributed by atoms with E-state index in [2.05, 4.69) is 10.3 Å². The van der Waals surface area contributed by atoms with Gasteiger partial charge in [-0.1, -0.05) is 30.3 Å². The Bertz CT molecular complexity index is 922. The van der Waals surface area contributed by atoms with Crippen LogP contribution in [0.2, 0.25) is 0 Å². The van der Waals surface area contributed by atoms with E-state index in [-0.39, 0.29) is 11.5 Å². The molecule has 0 fully saturated rings. The normalized spacial score (nSPS) is 11.9. The second-order valence-corrected chi connectivity index (χ2v) is 5.60. The van der Waals surface area contributed by atoms with Gasteiger partial charge in [-0.3, -0.25) is 4.79 Å². The lowest BCUT2D eigenvalue weighted by atomic mass is 9.98. The summed E-state index contributed by atoms with van der Waals surface area (Å²) in [5.41, 5.74) is 1.17. The fourth-order valence-corrected chi connectivity index (χ4v) is 2.62. The Labute approximate surface area is 144 Å². The average Bonchev–Trinajstić information content (AvgIpc) is 2.63. The lowest BCUT2D eigenvalue weighted by molar-refractivity contribution is 0.234. The molecule has 6 nitrogen and oxygen atoms in total. The molecule has 0 radical (unpaired) electrons. The van der Waals surface area contributed by atoms with Gasteiger partial charge in [-0.25, -0.2) is 4.98 Å². The minimum atomic E-state index is -0.643. The lowest BCUT2D eigenvalue weighted by Gasteiger charge is -2.21. The molecule has 25 heavy (non-hydrogen) atoms. The van der Waals surface area contributed by atoms with Crippen molar-refractivity contribution in [2.24, 2.45) is 0 Å². The van der Waals surface area contributed by atoms with E-state index in [9.17, 15) is 15.0 Å². The third-order valence-electron chi connectivity index (χ3n) is 3.87. The summed E-state index contributed by atoms with van der Waals surface area (Å²) in [4.78, 5) is 16.3. The van der Waals surface area contributed by atoms with Crippen molar-refractivity contribution < 1.29 is 14.6 Å². The predicted molar refractivity (Wildman–Crippen MR) is 93.4 cm³/mol. The summed E-state index contributed by atoms with van der Waals surface area (Å²) in [6.45, 7) is 1.49. The highest BCUT2D eigenvalue weighted by molar-refractivity contribution is 5.47. The fourth-order valence-electron chi connectivity index (χ4n) is 2.62. The van der Waals surface area contributed by atoms with Crippen LogP contribution in [0, 0.1) is 6.92 Å². The number of aliphatic hydroxyl groups is 1. The number of hydrogen-bond acceptors (Lipinski definition) is 6. The first-order valence-corrected chi connectivity index (χ1v) is 7.80. The molecule has 128 valence electrons. The largest absolute Gasteiger partial charge is 0.502 e. The number of benzene rings is 1. The SMILES string of the molecule is Cc1ccccc1C(Nc1ccccn1)c1oc(CO)cc(=O)c1O. The van der Waals surface area contributed by atoms with E-state index in [0.29, 0.717) is 5.82 Å². The van der Waals surface area contributed by atoms with E-state index in [1.54, 1.807) is 18.3 Å². The summed E-state index contributed by atoms with van der Waals surface area (Å²) >= 11 is 0. The zero-order valence-corrected chi connectivity index (χ0v) is 13.6. The van der Waals surface area contributed by atoms with Crippen molar-refractivity contribution in [2.75, 3.05) is 5.32 Å². The molecule has 3 aromatic rings. The minimum absolute atomic E-state index is 0.0384. The van der Waals surface area contributed by atoms with E-state index < -0.39 is 23.8 Å². The molecule has 2 aromatic heterocycles. The molecule has 0 aliphatic carbocycles. The highest BCUT2D eigenvalue weighted by atomic mass is 16.4. The molecule has 3 N–H and O–H groups in total. The Kier molecular flexibility index (Phi) is 4.81. The zero-order chi connectivity index (χ0) is 17.8. The van der Waals surface area contributed by atoms with Crippen molar-refractivity contribution >= 4 is 5.82 Å². The molecule has 1 unspecified atom stereocenters. The molecule has 2 heterocycles. The van der Waals surface area contributed by atoms with Gasteiger partial charge in [0, 0.05) is 12.3 Å². The number of nitrogens with one attached hydrogen (secondary N) is 1. The Hall–Kier alpha value is -3.12. The molecule has 0 amide bonds. The third kappa shape index (κ3) is 3.54. The van der Waals surface area contributed by atoms with Crippen LogP contribution in [0.15, 0.2) is 63.9 Å². The van der Waals surface area contributed by atoms with E-state index in [1.807, 2.05) is 37.3 Å². The van der Waals surface area contributed by atoms with E-state index in [0.717, 1.165) is 17.2 Å². The quantitative estimate of drug-likeness (QED) is 0.662. The molecule has 1 aromatic carbocycles.